The van der Waals surface area contributed by atoms with E-state index in [0.717, 1.165) is 27.7 Å². The second kappa shape index (κ2) is 3.03. The lowest BCUT2D eigenvalue weighted by Crippen LogP contribution is -2.01. The quantitative estimate of drug-likeness (QED) is 0.831. The predicted octanol–water partition coefficient (Wildman–Crippen LogP) is 2.40. The van der Waals surface area contributed by atoms with Crippen LogP contribution in [0.25, 0.3) is 10.9 Å². The fraction of sp³-hybridized carbons (Fsp3) is 0.222. The van der Waals surface area contributed by atoms with Gasteiger partial charge in [-0.15, -0.1) is 0 Å². The number of aromatic nitrogens is 2. The summed E-state index contributed by atoms with van der Waals surface area (Å²) in [5.41, 5.74) is 6.86. The number of fused-ring (bicyclic) bond motifs is 1. The van der Waals surface area contributed by atoms with Gasteiger partial charge < -0.3 is 5.73 Å². The minimum Gasteiger partial charge on any atom is -0.383 e. The summed E-state index contributed by atoms with van der Waals surface area (Å²) in [4.78, 5) is 0. The van der Waals surface area contributed by atoms with Gasteiger partial charge in [0.1, 0.15) is 5.82 Å². The van der Waals surface area contributed by atoms with E-state index in [1.807, 2.05) is 25.1 Å². The summed E-state index contributed by atoms with van der Waals surface area (Å²) >= 11 is 3.46. The molecule has 0 amide bonds. The summed E-state index contributed by atoms with van der Waals surface area (Å²) in [7, 11) is 0. The Hall–Kier alpha value is -1.03. The maximum atomic E-state index is 5.92. The average molecular weight is 240 g/mol. The van der Waals surface area contributed by atoms with Crippen LogP contribution < -0.4 is 5.73 Å². The third kappa shape index (κ3) is 1.21. The number of hydrogen-bond donors (Lipinski definition) is 1. The number of aryl methyl sites for hydroxylation is 1. The number of anilines is 1. The molecule has 68 valence electrons. The monoisotopic (exact) mass is 239 g/mol. The van der Waals surface area contributed by atoms with Crippen molar-refractivity contribution in [2.24, 2.45) is 0 Å². The van der Waals surface area contributed by atoms with E-state index < -0.39 is 0 Å². The molecule has 0 saturated heterocycles. The Morgan fingerprint density at radius 1 is 1.54 bits per heavy atom. The predicted molar refractivity (Wildman–Crippen MR) is 57.5 cm³/mol. The van der Waals surface area contributed by atoms with Gasteiger partial charge in [0.15, 0.2) is 0 Å². The fourth-order valence-electron chi connectivity index (χ4n) is 1.40. The van der Waals surface area contributed by atoms with E-state index in [1.54, 1.807) is 4.68 Å². The van der Waals surface area contributed by atoms with Crippen LogP contribution >= 0.6 is 15.9 Å². The molecule has 0 aliphatic rings. The molecule has 1 aromatic heterocycles. The van der Waals surface area contributed by atoms with E-state index in [2.05, 4.69) is 21.0 Å². The summed E-state index contributed by atoms with van der Waals surface area (Å²) in [6.45, 7) is 2.82. The molecule has 2 N–H and O–H groups in total. The zero-order valence-corrected chi connectivity index (χ0v) is 8.87. The van der Waals surface area contributed by atoms with E-state index in [-0.39, 0.29) is 0 Å². The highest BCUT2D eigenvalue weighted by atomic mass is 79.9. The third-order valence-corrected chi connectivity index (χ3v) is 2.71. The number of hydrogen-bond acceptors (Lipinski definition) is 2. The first kappa shape index (κ1) is 8.56. The second-order valence-electron chi connectivity index (χ2n) is 2.83. The third-order valence-electron chi connectivity index (χ3n) is 2.05. The number of nitrogens with two attached hydrogens (primary N) is 1. The number of nitrogen functional groups attached to an aromatic ring is 1. The molecule has 0 fully saturated rings. The average Bonchev–Trinajstić information content (AvgIpc) is 2.44. The van der Waals surface area contributed by atoms with Crippen LogP contribution in [0.15, 0.2) is 22.7 Å². The maximum Gasteiger partial charge on any atom is 0.130 e. The first-order valence-electron chi connectivity index (χ1n) is 4.14. The molecule has 0 atom stereocenters. The lowest BCUT2D eigenvalue weighted by Gasteiger charge is -1.97. The molecule has 1 aromatic carbocycles. The van der Waals surface area contributed by atoms with Crippen molar-refractivity contribution < 1.29 is 0 Å². The van der Waals surface area contributed by atoms with Gasteiger partial charge in [-0.1, -0.05) is 6.07 Å². The van der Waals surface area contributed by atoms with Crippen molar-refractivity contribution in [3.8, 4) is 0 Å². The van der Waals surface area contributed by atoms with E-state index in [9.17, 15) is 0 Å². The number of benzene rings is 1. The Bertz CT molecular complexity index is 447. The van der Waals surface area contributed by atoms with Crippen molar-refractivity contribution in [3.05, 3.63) is 22.7 Å². The summed E-state index contributed by atoms with van der Waals surface area (Å²) in [6.07, 6.45) is 0. The van der Waals surface area contributed by atoms with Crippen LogP contribution in [0.1, 0.15) is 6.92 Å². The Labute approximate surface area is 84.7 Å². The molecule has 0 aliphatic heterocycles. The van der Waals surface area contributed by atoms with Crippen LogP contribution in [0.3, 0.4) is 0 Å². The molecule has 0 unspecified atom stereocenters. The van der Waals surface area contributed by atoms with E-state index >= 15 is 0 Å². The van der Waals surface area contributed by atoms with Gasteiger partial charge in [-0.3, -0.25) is 0 Å². The smallest absolute Gasteiger partial charge is 0.130 e. The highest BCUT2D eigenvalue weighted by molar-refractivity contribution is 9.10. The topological polar surface area (TPSA) is 43.8 Å². The lowest BCUT2D eigenvalue weighted by molar-refractivity contribution is 0.678. The summed E-state index contributed by atoms with van der Waals surface area (Å²) in [5, 5.41) is 5.36. The Morgan fingerprint density at radius 3 is 2.92 bits per heavy atom. The molecular formula is C9H10BrN3. The molecule has 0 aliphatic carbocycles. The van der Waals surface area contributed by atoms with Gasteiger partial charge in [-0.05, 0) is 35.0 Å². The highest BCUT2D eigenvalue weighted by Gasteiger charge is 2.08. The normalized spacial score (nSPS) is 10.9. The first-order chi connectivity index (χ1) is 6.24. The van der Waals surface area contributed by atoms with Crippen LogP contribution in [-0.4, -0.2) is 9.78 Å². The van der Waals surface area contributed by atoms with Crippen molar-refractivity contribution in [3.63, 3.8) is 0 Å². The maximum absolute atomic E-state index is 5.92. The molecule has 13 heavy (non-hydrogen) atoms. The van der Waals surface area contributed by atoms with Gasteiger partial charge in [-0.2, -0.15) is 5.10 Å². The minimum atomic E-state index is 0.727. The molecule has 3 nitrogen and oxygen atoms in total. The van der Waals surface area contributed by atoms with Crippen LogP contribution in [0.5, 0.6) is 0 Å². The fourth-order valence-corrected chi connectivity index (χ4v) is 1.96. The van der Waals surface area contributed by atoms with E-state index in [4.69, 9.17) is 5.73 Å². The van der Waals surface area contributed by atoms with Crippen LogP contribution in [0.4, 0.5) is 5.82 Å². The Morgan fingerprint density at radius 2 is 2.31 bits per heavy atom. The van der Waals surface area contributed by atoms with E-state index in [1.165, 1.54) is 0 Å². The standard InChI is InChI=1S/C9H10BrN3/c1-2-13-9(11)8-6(10)4-3-5-7(8)12-13/h3-5H,2,11H2,1H3. The SMILES string of the molecule is CCn1nc2cccc(Br)c2c1N. The number of rotatable bonds is 1. The van der Waals surface area contributed by atoms with Gasteiger partial charge in [0.05, 0.1) is 10.9 Å². The molecular weight excluding hydrogens is 230 g/mol. The zero-order valence-electron chi connectivity index (χ0n) is 7.29. The largest absolute Gasteiger partial charge is 0.383 e. The Kier molecular flexibility index (Phi) is 2.00. The second-order valence-corrected chi connectivity index (χ2v) is 3.69. The molecule has 0 radical (unpaired) electrons. The van der Waals surface area contributed by atoms with Gasteiger partial charge in [-0.25, -0.2) is 4.68 Å². The van der Waals surface area contributed by atoms with E-state index in [0.29, 0.717) is 0 Å². The summed E-state index contributed by atoms with van der Waals surface area (Å²) in [6, 6.07) is 5.89. The Balaban J connectivity index is 2.85. The van der Waals surface area contributed by atoms with Gasteiger partial charge in [0.2, 0.25) is 0 Å². The highest BCUT2D eigenvalue weighted by Crippen LogP contribution is 2.28. The molecule has 0 spiro atoms. The zero-order chi connectivity index (χ0) is 9.42. The van der Waals surface area contributed by atoms with Crippen molar-refractivity contribution in [1.29, 1.82) is 0 Å². The summed E-state index contributed by atoms with van der Waals surface area (Å²) < 4.78 is 2.80. The van der Waals surface area contributed by atoms with Crippen LogP contribution in [-0.2, 0) is 6.54 Å². The number of halogens is 1. The molecule has 2 aromatic rings. The summed E-state index contributed by atoms with van der Waals surface area (Å²) in [5.74, 6) is 0.727. The first-order valence-corrected chi connectivity index (χ1v) is 4.94. The number of nitrogens with zero attached hydrogens (tertiary/aromatic N) is 2. The van der Waals surface area contributed by atoms with Crippen molar-refractivity contribution in [2.45, 2.75) is 13.5 Å². The molecule has 1 heterocycles. The van der Waals surface area contributed by atoms with Gasteiger partial charge in [0, 0.05) is 11.0 Å². The molecule has 0 bridgehead atoms. The molecule has 4 heteroatoms. The molecule has 2 rings (SSSR count). The van der Waals surface area contributed by atoms with Crippen molar-refractivity contribution >= 4 is 32.7 Å². The minimum absolute atomic E-state index is 0.727. The lowest BCUT2D eigenvalue weighted by atomic mass is 10.2. The van der Waals surface area contributed by atoms with Crippen LogP contribution in [0, 0.1) is 0 Å². The van der Waals surface area contributed by atoms with Gasteiger partial charge >= 0.3 is 0 Å². The van der Waals surface area contributed by atoms with Crippen LogP contribution in [0.2, 0.25) is 0 Å². The molecule has 0 saturated carbocycles. The van der Waals surface area contributed by atoms with Crippen molar-refractivity contribution in [1.82, 2.24) is 9.78 Å². The van der Waals surface area contributed by atoms with Crippen molar-refractivity contribution in [2.75, 3.05) is 5.73 Å². The van der Waals surface area contributed by atoms with Gasteiger partial charge in [0.25, 0.3) is 0 Å².